The van der Waals surface area contributed by atoms with Gasteiger partial charge in [0.2, 0.25) is 0 Å². The van der Waals surface area contributed by atoms with Crippen molar-refractivity contribution in [3.63, 3.8) is 0 Å². The highest BCUT2D eigenvalue weighted by Gasteiger charge is 2.23. The number of hydrogen-bond acceptors (Lipinski definition) is 0. The van der Waals surface area contributed by atoms with Crippen molar-refractivity contribution in [3.8, 4) is 89.0 Å². The topological polar surface area (TPSA) is 0 Å². The summed E-state index contributed by atoms with van der Waals surface area (Å²) < 4.78 is 0. The molecular weight excluding hydrogens is 721 g/mol. The van der Waals surface area contributed by atoms with E-state index in [4.69, 9.17) is 0 Å². The lowest BCUT2D eigenvalue weighted by Gasteiger charge is -2.23. The van der Waals surface area contributed by atoms with Crippen molar-refractivity contribution in [1.29, 1.82) is 0 Å². The van der Waals surface area contributed by atoms with Gasteiger partial charge in [-0.05, 0) is 146 Å². The Morgan fingerprint density at radius 1 is 0.167 bits per heavy atom. The maximum atomic E-state index is 2.42. The molecule has 0 atom stereocenters. The summed E-state index contributed by atoms with van der Waals surface area (Å²) in [6, 6.07) is 85.3. The van der Waals surface area contributed by atoms with Crippen molar-refractivity contribution in [2.24, 2.45) is 0 Å². The Kier molecular flexibility index (Phi) is 7.96. The van der Waals surface area contributed by atoms with Crippen LogP contribution in [0.25, 0.3) is 121 Å². The summed E-state index contributed by atoms with van der Waals surface area (Å²) in [5.41, 5.74) is 19.9. The molecule has 0 saturated heterocycles. The molecule has 0 bridgehead atoms. The molecule has 0 nitrogen and oxygen atoms in total. The van der Waals surface area contributed by atoms with Gasteiger partial charge >= 0.3 is 0 Å². The molecule has 11 aromatic carbocycles. The zero-order valence-corrected chi connectivity index (χ0v) is 32.9. The molecule has 0 radical (unpaired) electrons. The molecule has 0 heteroatoms. The zero-order chi connectivity index (χ0) is 39.6. The van der Waals surface area contributed by atoms with Gasteiger partial charge in [0, 0.05) is 0 Å². The first-order valence-corrected chi connectivity index (χ1v) is 20.8. The summed E-state index contributed by atoms with van der Waals surface area (Å²) in [6.07, 6.45) is 0. The first kappa shape index (κ1) is 34.3. The summed E-state index contributed by atoms with van der Waals surface area (Å²) in [7, 11) is 0. The Labute approximate surface area is 350 Å². The Balaban J connectivity index is 1.02. The van der Waals surface area contributed by atoms with Crippen LogP contribution in [0.15, 0.2) is 231 Å². The maximum Gasteiger partial charge on any atom is -0.00262 e. The molecule has 0 heterocycles. The maximum absolute atomic E-state index is 2.42. The predicted molar refractivity (Wildman–Crippen MR) is 256 cm³/mol. The molecule has 11 aromatic rings. The number of hydrogen-bond donors (Lipinski definition) is 0. The van der Waals surface area contributed by atoms with Gasteiger partial charge in [-0.3, -0.25) is 0 Å². The average molecular weight is 759 g/mol. The van der Waals surface area contributed by atoms with Crippen molar-refractivity contribution >= 4 is 32.3 Å². The molecule has 0 unspecified atom stereocenters. The van der Waals surface area contributed by atoms with E-state index >= 15 is 0 Å². The molecule has 0 spiro atoms. The number of benzene rings is 11. The second-order valence-corrected chi connectivity index (χ2v) is 16.0. The fourth-order valence-electron chi connectivity index (χ4n) is 9.87. The average Bonchev–Trinajstić information content (AvgIpc) is 3.32. The van der Waals surface area contributed by atoms with Crippen LogP contribution >= 0.6 is 0 Å². The van der Waals surface area contributed by atoms with Crippen LogP contribution in [0.3, 0.4) is 0 Å². The largest absolute Gasteiger partial charge is 0.0616 e. The molecule has 0 aliphatic heterocycles. The van der Waals surface area contributed by atoms with E-state index in [1.54, 1.807) is 0 Å². The van der Waals surface area contributed by atoms with E-state index in [1.807, 2.05) is 0 Å². The van der Waals surface area contributed by atoms with Crippen molar-refractivity contribution in [2.75, 3.05) is 0 Å². The second-order valence-electron chi connectivity index (χ2n) is 16.0. The molecular formula is C60H38. The molecule has 0 aromatic heterocycles. The van der Waals surface area contributed by atoms with Gasteiger partial charge < -0.3 is 0 Å². The summed E-state index contributed by atoms with van der Waals surface area (Å²) >= 11 is 0. The highest BCUT2D eigenvalue weighted by molar-refractivity contribution is 6.21. The Morgan fingerprint density at radius 3 is 0.983 bits per heavy atom. The van der Waals surface area contributed by atoms with Crippen molar-refractivity contribution in [1.82, 2.24) is 0 Å². The van der Waals surface area contributed by atoms with Crippen LogP contribution in [-0.2, 0) is 0 Å². The van der Waals surface area contributed by atoms with Crippen LogP contribution < -0.4 is 0 Å². The van der Waals surface area contributed by atoms with Gasteiger partial charge in [-0.15, -0.1) is 0 Å². The van der Waals surface area contributed by atoms with Gasteiger partial charge in [0.05, 0.1) is 0 Å². The summed E-state index contributed by atoms with van der Waals surface area (Å²) in [6.45, 7) is 0. The standard InChI is InChI=1S/C60H38/c1-2-16-40-35-43(32-31-39(40)15-1)41-17-13-19-45(36-41)59-54-27-9-11-29-56(54)60(57-30-12-10-28-55(57)59)46-20-14-18-42(37-46)44-33-34-53-51-25-6-5-23-49(51)47-21-3-4-22-48(47)50-24-7-8-26-52(50)58(53)38-44/h1-38H. The Hall–Kier alpha value is -7.80. The van der Waals surface area contributed by atoms with Crippen LogP contribution in [-0.4, -0.2) is 0 Å². The molecule has 0 fully saturated rings. The van der Waals surface area contributed by atoms with E-state index in [-0.39, 0.29) is 0 Å². The summed E-state index contributed by atoms with van der Waals surface area (Å²) in [4.78, 5) is 0. The molecule has 0 saturated carbocycles. The zero-order valence-electron chi connectivity index (χ0n) is 32.9. The lowest BCUT2D eigenvalue weighted by Crippen LogP contribution is -1.97. The molecule has 1 aliphatic rings. The Morgan fingerprint density at radius 2 is 0.500 bits per heavy atom. The van der Waals surface area contributed by atoms with Crippen LogP contribution in [0.5, 0.6) is 0 Å². The lowest BCUT2D eigenvalue weighted by atomic mass is 9.80. The normalized spacial score (nSPS) is 11.7. The molecule has 60 heavy (non-hydrogen) atoms. The minimum Gasteiger partial charge on any atom is -0.0616 e. The first-order chi connectivity index (χ1) is 29.8. The number of fused-ring (bicyclic) bond motifs is 11. The smallest absolute Gasteiger partial charge is 0.00262 e. The van der Waals surface area contributed by atoms with E-state index < -0.39 is 0 Å². The highest BCUT2D eigenvalue weighted by atomic mass is 14.3. The highest BCUT2D eigenvalue weighted by Crippen LogP contribution is 2.49. The summed E-state index contributed by atoms with van der Waals surface area (Å²) in [5.74, 6) is 0. The van der Waals surface area contributed by atoms with Crippen molar-refractivity contribution in [2.45, 2.75) is 0 Å². The molecule has 1 aliphatic carbocycles. The third kappa shape index (κ3) is 5.53. The van der Waals surface area contributed by atoms with Crippen molar-refractivity contribution < 1.29 is 0 Å². The summed E-state index contributed by atoms with van der Waals surface area (Å²) in [5, 5.41) is 7.52. The van der Waals surface area contributed by atoms with Gasteiger partial charge in [0.15, 0.2) is 0 Å². The van der Waals surface area contributed by atoms with Gasteiger partial charge in [0.25, 0.3) is 0 Å². The van der Waals surface area contributed by atoms with Crippen LogP contribution in [0.1, 0.15) is 0 Å². The van der Waals surface area contributed by atoms with E-state index in [2.05, 4.69) is 231 Å². The monoisotopic (exact) mass is 758 g/mol. The predicted octanol–water partition coefficient (Wildman–Crippen LogP) is 16.8. The van der Waals surface area contributed by atoms with Crippen LogP contribution in [0.2, 0.25) is 0 Å². The van der Waals surface area contributed by atoms with Gasteiger partial charge in [0.1, 0.15) is 0 Å². The minimum atomic E-state index is 1.20. The third-order valence-corrected chi connectivity index (χ3v) is 12.6. The van der Waals surface area contributed by atoms with Gasteiger partial charge in [-0.25, -0.2) is 0 Å². The van der Waals surface area contributed by atoms with E-state index in [0.717, 1.165) is 0 Å². The quantitative estimate of drug-likeness (QED) is 0.157. The van der Waals surface area contributed by atoms with E-state index in [9.17, 15) is 0 Å². The fraction of sp³-hybridized carbons (Fsp3) is 0. The minimum absolute atomic E-state index is 1.20. The third-order valence-electron chi connectivity index (χ3n) is 12.6. The SMILES string of the molecule is c1cc(-c2ccc3c(c2)-c2ccccc2-c2ccccc2-c2ccccc2-3)cc(-c2c3ccccc3c(-c3cccc(-c4ccc5ccccc5c4)c3)c3ccccc23)c1. The Bertz CT molecular complexity index is 3430. The van der Waals surface area contributed by atoms with E-state index in [0.29, 0.717) is 0 Å². The fourth-order valence-corrected chi connectivity index (χ4v) is 9.87. The van der Waals surface area contributed by atoms with Gasteiger partial charge in [-0.2, -0.15) is 0 Å². The van der Waals surface area contributed by atoms with Crippen molar-refractivity contribution in [3.05, 3.63) is 231 Å². The van der Waals surface area contributed by atoms with Crippen LogP contribution in [0.4, 0.5) is 0 Å². The molecule has 0 N–H and O–H groups in total. The lowest BCUT2D eigenvalue weighted by molar-refractivity contribution is 1.51. The number of rotatable bonds is 4. The molecule has 12 rings (SSSR count). The first-order valence-electron chi connectivity index (χ1n) is 20.8. The molecule has 278 valence electrons. The second kappa shape index (κ2) is 13.9. The van der Waals surface area contributed by atoms with Gasteiger partial charge in [-0.1, -0.05) is 206 Å². The van der Waals surface area contributed by atoms with E-state index in [1.165, 1.54) is 121 Å². The van der Waals surface area contributed by atoms with Crippen LogP contribution in [0, 0.1) is 0 Å². The molecule has 0 amide bonds.